The second-order valence-corrected chi connectivity index (χ2v) is 11.8. The summed E-state index contributed by atoms with van der Waals surface area (Å²) < 4.78 is 10.9. The van der Waals surface area contributed by atoms with Crippen molar-refractivity contribution in [3.8, 4) is 5.75 Å². The van der Waals surface area contributed by atoms with Crippen LogP contribution in [-0.2, 0) is 22.4 Å². The first-order valence-corrected chi connectivity index (χ1v) is 14.1. The van der Waals surface area contributed by atoms with E-state index in [-0.39, 0.29) is 11.8 Å². The molecule has 0 spiro atoms. The van der Waals surface area contributed by atoms with E-state index < -0.39 is 6.10 Å². The van der Waals surface area contributed by atoms with Crippen LogP contribution in [0.25, 0.3) is 0 Å². The third kappa shape index (κ3) is 7.93. The summed E-state index contributed by atoms with van der Waals surface area (Å²) in [6.45, 7) is 12.0. The quantitative estimate of drug-likeness (QED) is 0.350. The number of benzene rings is 1. The van der Waals surface area contributed by atoms with E-state index in [1.54, 1.807) is 14.2 Å². The molecule has 0 radical (unpaired) electrons. The Hall–Kier alpha value is -1.63. The maximum atomic E-state index is 13.0. The van der Waals surface area contributed by atoms with E-state index in [1.807, 2.05) is 18.7 Å². The normalized spacial score (nSPS) is 21.7. The van der Waals surface area contributed by atoms with Crippen LogP contribution in [0.1, 0.15) is 64.5 Å². The van der Waals surface area contributed by atoms with Crippen LogP contribution in [0.5, 0.6) is 5.75 Å². The van der Waals surface area contributed by atoms with Crippen molar-refractivity contribution in [3.05, 3.63) is 29.3 Å². The van der Waals surface area contributed by atoms with Crippen molar-refractivity contribution < 1.29 is 19.4 Å². The molecule has 2 fully saturated rings. The fourth-order valence-corrected chi connectivity index (χ4v) is 5.63. The van der Waals surface area contributed by atoms with Gasteiger partial charge >= 0.3 is 0 Å². The number of nitrogens with zero attached hydrogens (tertiary/aromatic N) is 1. The van der Waals surface area contributed by atoms with Gasteiger partial charge < -0.3 is 24.8 Å². The van der Waals surface area contributed by atoms with Crippen molar-refractivity contribution in [2.24, 2.45) is 29.6 Å². The first kappa shape index (κ1) is 28.9. The molecule has 3 rings (SSSR count). The third-order valence-corrected chi connectivity index (χ3v) is 8.25. The summed E-state index contributed by atoms with van der Waals surface area (Å²) in [6, 6.07) is 6.99. The molecule has 1 aromatic rings. The van der Waals surface area contributed by atoms with Crippen molar-refractivity contribution in [1.29, 1.82) is 0 Å². The van der Waals surface area contributed by atoms with Crippen LogP contribution in [0.2, 0.25) is 0 Å². The first-order valence-electron chi connectivity index (χ1n) is 14.1. The second kappa shape index (κ2) is 13.8. The number of rotatable bonds is 15. The largest absolute Gasteiger partial charge is 0.496 e. The summed E-state index contributed by atoms with van der Waals surface area (Å²) in [5, 5.41) is 14.1. The molecular weight excluding hydrogens is 452 g/mol. The summed E-state index contributed by atoms with van der Waals surface area (Å²) >= 11 is 0. The van der Waals surface area contributed by atoms with Crippen molar-refractivity contribution in [2.75, 3.05) is 40.5 Å². The van der Waals surface area contributed by atoms with Crippen LogP contribution >= 0.6 is 0 Å². The molecule has 36 heavy (non-hydrogen) atoms. The van der Waals surface area contributed by atoms with Crippen LogP contribution in [-0.4, -0.2) is 68.5 Å². The zero-order valence-electron chi connectivity index (χ0n) is 23.5. The molecule has 0 unspecified atom stereocenters. The van der Waals surface area contributed by atoms with Crippen LogP contribution in [0.15, 0.2) is 18.2 Å². The molecule has 6 heteroatoms. The number of aryl methyl sites for hydroxylation is 1. The standard InChI is InChI=1S/C30H50N2O4/c1-20(2)24(15-22-9-12-28(36-6)23(14-22)8-7-13-35-5)16-25-17-31-18-26(25)19-32(27-10-11-27)30(34)29(33)21(3)4/h9,12,14,20-21,24-27,29,31,33H,7-8,10-11,13,15-19H2,1-6H3/t24-,25+,26-,29-/m0/s1. The Balaban J connectivity index is 1.67. The summed E-state index contributed by atoms with van der Waals surface area (Å²) in [6.07, 6.45) is 5.40. The Kier molecular flexibility index (Phi) is 11.1. The summed E-state index contributed by atoms with van der Waals surface area (Å²) in [5.74, 6) is 2.98. The van der Waals surface area contributed by atoms with Gasteiger partial charge in [-0.2, -0.15) is 0 Å². The number of amides is 1. The van der Waals surface area contributed by atoms with Gasteiger partial charge in [-0.25, -0.2) is 0 Å². The maximum Gasteiger partial charge on any atom is 0.251 e. The van der Waals surface area contributed by atoms with Crippen molar-refractivity contribution in [2.45, 2.75) is 78.4 Å². The minimum absolute atomic E-state index is 0.0505. The van der Waals surface area contributed by atoms with Gasteiger partial charge in [-0.15, -0.1) is 0 Å². The predicted molar refractivity (Wildman–Crippen MR) is 145 cm³/mol. The fourth-order valence-electron chi connectivity index (χ4n) is 5.63. The highest BCUT2D eigenvalue weighted by molar-refractivity contribution is 5.81. The number of nitrogens with one attached hydrogen (secondary N) is 1. The molecule has 1 saturated carbocycles. The number of aliphatic hydroxyl groups excluding tert-OH is 1. The minimum atomic E-state index is -0.894. The van der Waals surface area contributed by atoms with E-state index in [4.69, 9.17) is 9.47 Å². The number of carbonyl (C=O) groups excluding carboxylic acids is 1. The predicted octanol–water partition coefficient (Wildman–Crippen LogP) is 4.32. The number of carbonyl (C=O) groups is 1. The number of aliphatic hydroxyl groups is 1. The highest BCUT2D eigenvalue weighted by Crippen LogP contribution is 2.35. The number of hydrogen-bond acceptors (Lipinski definition) is 5. The van der Waals surface area contributed by atoms with Gasteiger partial charge in [0.25, 0.3) is 5.91 Å². The molecule has 4 atom stereocenters. The monoisotopic (exact) mass is 502 g/mol. The lowest BCUT2D eigenvalue weighted by Crippen LogP contribution is -2.46. The Morgan fingerprint density at radius 3 is 2.44 bits per heavy atom. The lowest BCUT2D eigenvalue weighted by atomic mass is 9.78. The summed E-state index contributed by atoms with van der Waals surface area (Å²) in [7, 11) is 3.49. The van der Waals surface area contributed by atoms with Gasteiger partial charge in [-0.1, -0.05) is 39.8 Å². The molecule has 1 aliphatic heterocycles. The smallest absolute Gasteiger partial charge is 0.251 e. The molecule has 2 N–H and O–H groups in total. The van der Waals surface area contributed by atoms with E-state index in [9.17, 15) is 9.90 Å². The van der Waals surface area contributed by atoms with E-state index in [0.717, 1.165) is 70.5 Å². The van der Waals surface area contributed by atoms with Crippen molar-refractivity contribution >= 4 is 5.91 Å². The maximum absolute atomic E-state index is 13.0. The number of methoxy groups -OCH3 is 2. The lowest BCUT2D eigenvalue weighted by molar-refractivity contribution is -0.143. The number of ether oxygens (including phenoxy) is 2. The molecule has 2 aliphatic rings. The molecule has 0 aromatic heterocycles. The van der Waals surface area contributed by atoms with Gasteiger partial charge in [-0.05, 0) is 98.4 Å². The molecule has 1 saturated heterocycles. The van der Waals surface area contributed by atoms with Crippen LogP contribution in [0.3, 0.4) is 0 Å². The van der Waals surface area contributed by atoms with Gasteiger partial charge in [-0.3, -0.25) is 4.79 Å². The second-order valence-electron chi connectivity index (χ2n) is 11.8. The van der Waals surface area contributed by atoms with Gasteiger partial charge in [0.1, 0.15) is 11.9 Å². The van der Waals surface area contributed by atoms with Gasteiger partial charge in [0.05, 0.1) is 7.11 Å². The Morgan fingerprint density at radius 2 is 1.83 bits per heavy atom. The Bertz CT molecular complexity index is 823. The number of hydrogen-bond donors (Lipinski definition) is 2. The average molecular weight is 503 g/mol. The zero-order valence-corrected chi connectivity index (χ0v) is 23.5. The Labute approximate surface area is 219 Å². The fraction of sp³-hybridized carbons (Fsp3) is 0.767. The van der Waals surface area contributed by atoms with Crippen LogP contribution in [0, 0.1) is 29.6 Å². The Morgan fingerprint density at radius 1 is 1.11 bits per heavy atom. The van der Waals surface area contributed by atoms with Gasteiger partial charge in [0, 0.05) is 26.3 Å². The van der Waals surface area contributed by atoms with Crippen LogP contribution < -0.4 is 10.1 Å². The molecule has 1 amide bonds. The summed E-state index contributed by atoms with van der Waals surface area (Å²) in [4.78, 5) is 15.1. The van der Waals surface area contributed by atoms with E-state index in [0.29, 0.717) is 29.7 Å². The van der Waals surface area contributed by atoms with Gasteiger partial charge in [0.15, 0.2) is 0 Å². The summed E-state index contributed by atoms with van der Waals surface area (Å²) in [5.41, 5.74) is 2.64. The highest BCUT2D eigenvalue weighted by Gasteiger charge is 2.40. The zero-order chi connectivity index (χ0) is 26.2. The van der Waals surface area contributed by atoms with E-state index in [2.05, 4.69) is 37.4 Å². The molecule has 1 aliphatic carbocycles. The topological polar surface area (TPSA) is 71.0 Å². The SMILES string of the molecule is COCCCc1cc(C[C@@H](C[C@@H]2CNC[C@H]2CN(C(=O)[C@@H](O)C(C)C)C2CC2)C(C)C)ccc1OC. The first-order chi connectivity index (χ1) is 17.2. The molecule has 6 nitrogen and oxygen atoms in total. The van der Waals surface area contributed by atoms with Crippen molar-refractivity contribution in [1.82, 2.24) is 10.2 Å². The lowest BCUT2D eigenvalue weighted by Gasteiger charge is -2.33. The highest BCUT2D eigenvalue weighted by atomic mass is 16.5. The molecule has 1 heterocycles. The third-order valence-electron chi connectivity index (χ3n) is 8.25. The minimum Gasteiger partial charge on any atom is -0.496 e. The molecule has 0 bridgehead atoms. The van der Waals surface area contributed by atoms with Crippen LogP contribution in [0.4, 0.5) is 0 Å². The average Bonchev–Trinajstić information content (AvgIpc) is 3.60. The molecule has 1 aromatic carbocycles. The van der Waals surface area contributed by atoms with Crippen molar-refractivity contribution in [3.63, 3.8) is 0 Å². The molecular formula is C30H50N2O4. The van der Waals surface area contributed by atoms with Gasteiger partial charge in [0.2, 0.25) is 0 Å². The van der Waals surface area contributed by atoms with E-state index in [1.165, 1.54) is 11.1 Å². The van der Waals surface area contributed by atoms with E-state index >= 15 is 0 Å². The molecule has 204 valence electrons.